The van der Waals surface area contributed by atoms with Gasteiger partial charge in [-0.3, -0.25) is 0 Å². The van der Waals surface area contributed by atoms with Crippen LogP contribution in [0.1, 0.15) is 89.5 Å². The van der Waals surface area contributed by atoms with Crippen LogP contribution in [0.4, 0.5) is 48.3 Å². The summed E-state index contributed by atoms with van der Waals surface area (Å²) in [6.07, 6.45) is -10.3. The monoisotopic (exact) mass is 718 g/mol. The van der Waals surface area contributed by atoms with E-state index in [0.717, 1.165) is 25.7 Å². The number of hydrogen-bond donors (Lipinski definition) is 0. The highest BCUT2D eigenvalue weighted by molar-refractivity contribution is 5.36. The third-order valence-corrected chi connectivity index (χ3v) is 9.00. The van der Waals surface area contributed by atoms with Crippen molar-refractivity contribution >= 4 is 0 Å². The highest BCUT2D eigenvalue weighted by Crippen LogP contribution is 2.45. The number of benzene rings is 2. The molecule has 4 nitrogen and oxygen atoms in total. The van der Waals surface area contributed by atoms with Crippen molar-refractivity contribution in [2.75, 3.05) is 0 Å². The molecule has 0 unspecified atom stereocenters. The van der Waals surface area contributed by atoms with Crippen molar-refractivity contribution in [3.63, 3.8) is 0 Å². The second kappa shape index (κ2) is 16.2. The van der Waals surface area contributed by atoms with Crippen LogP contribution in [0.5, 0.6) is 17.2 Å². The Morgan fingerprint density at radius 2 is 1.29 bits per heavy atom. The number of ether oxygens (including phenoxy) is 4. The summed E-state index contributed by atoms with van der Waals surface area (Å²) in [5.41, 5.74) is -2.00. The van der Waals surface area contributed by atoms with E-state index in [-0.39, 0.29) is 50.1 Å². The SMILES string of the molecule is CCCCCC1CCC(C(F)(F)OC2CCC(C(F)(F)Oc3cc(F)c(C(F)(F)Oc4ccc(OC=C(F)F)c(F)c4)c(F)c3)CC2)CC1. The van der Waals surface area contributed by atoms with Crippen LogP contribution in [0.2, 0.25) is 0 Å². The summed E-state index contributed by atoms with van der Waals surface area (Å²) in [6.45, 7) is 2.10. The number of rotatable bonds is 15. The average Bonchev–Trinajstić information content (AvgIpc) is 3.00. The fourth-order valence-electron chi connectivity index (χ4n) is 6.38. The van der Waals surface area contributed by atoms with Crippen molar-refractivity contribution in [2.24, 2.45) is 17.8 Å². The predicted octanol–water partition coefficient (Wildman–Crippen LogP) is 11.9. The van der Waals surface area contributed by atoms with Gasteiger partial charge in [0.05, 0.1) is 17.9 Å². The molecule has 2 aromatic carbocycles. The van der Waals surface area contributed by atoms with E-state index in [1.165, 1.54) is 0 Å². The molecular weight excluding hydrogens is 681 g/mol. The summed E-state index contributed by atoms with van der Waals surface area (Å²) in [7, 11) is 0. The van der Waals surface area contributed by atoms with E-state index in [0.29, 0.717) is 43.7 Å². The molecule has 0 saturated heterocycles. The lowest BCUT2D eigenvalue weighted by molar-refractivity contribution is -0.306. The van der Waals surface area contributed by atoms with Crippen molar-refractivity contribution in [1.29, 1.82) is 0 Å². The molecule has 0 bridgehead atoms. The van der Waals surface area contributed by atoms with E-state index >= 15 is 8.78 Å². The molecular formula is C34H37F11O4. The number of halogens is 11. The minimum Gasteiger partial charge on any atom is -0.456 e. The normalized spacial score (nSPS) is 22.0. The Morgan fingerprint density at radius 3 is 1.86 bits per heavy atom. The lowest BCUT2D eigenvalue weighted by Crippen LogP contribution is -2.42. The lowest BCUT2D eigenvalue weighted by Gasteiger charge is -2.38. The van der Waals surface area contributed by atoms with Crippen molar-refractivity contribution in [2.45, 2.75) is 108 Å². The average molecular weight is 719 g/mol. The van der Waals surface area contributed by atoms with Crippen LogP contribution in [0.15, 0.2) is 42.7 Å². The first-order valence-electron chi connectivity index (χ1n) is 16.2. The molecule has 0 amide bonds. The van der Waals surface area contributed by atoms with Gasteiger partial charge in [-0.1, -0.05) is 32.6 Å². The van der Waals surface area contributed by atoms with E-state index in [1.54, 1.807) is 0 Å². The van der Waals surface area contributed by atoms with Gasteiger partial charge in [0.2, 0.25) is 0 Å². The molecule has 274 valence electrons. The second-order valence-corrected chi connectivity index (χ2v) is 12.5. The summed E-state index contributed by atoms with van der Waals surface area (Å²) in [5, 5.41) is 0. The van der Waals surface area contributed by atoms with Crippen molar-refractivity contribution < 1.29 is 67.2 Å². The molecule has 2 aliphatic rings. The van der Waals surface area contributed by atoms with Crippen molar-refractivity contribution in [3.8, 4) is 17.2 Å². The Bertz CT molecular complexity index is 1390. The Balaban J connectivity index is 1.32. The van der Waals surface area contributed by atoms with Crippen LogP contribution in [-0.4, -0.2) is 18.3 Å². The smallest absolute Gasteiger partial charge is 0.432 e. The quantitative estimate of drug-likeness (QED) is 0.104. The van der Waals surface area contributed by atoms with Gasteiger partial charge < -0.3 is 18.9 Å². The predicted molar refractivity (Wildman–Crippen MR) is 155 cm³/mol. The van der Waals surface area contributed by atoms with Crippen LogP contribution in [-0.2, 0) is 10.8 Å². The zero-order chi connectivity index (χ0) is 36.0. The molecule has 0 aromatic heterocycles. The maximum Gasteiger partial charge on any atom is 0.432 e. The molecule has 15 heteroatoms. The topological polar surface area (TPSA) is 36.9 Å². The van der Waals surface area contributed by atoms with Crippen molar-refractivity contribution in [3.05, 3.63) is 65.7 Å². The van der Waals surface area contributed by atoms with E-state index in [2.05, 4.69) is 21.1 Å². The summed E-state index contributed by atoms with van der Waals surface area (Å²) in [5.74, 6) is -10.5. The molecule has 0 aliphatic heterocycles. The van der Waals surface area contributed by atoms with Gasteiger partial charge in [-0.25, -0.2) is 13.2 Å². The first-order chi connectivity index (χ1) is 23.0. The van der Waals surface area contributed by atoms with E-state index in [4.69, 9.17) is 4.74 Å². The molecule has 2 saturated carbocycles. The molecule has 0 spiro atoms. The van der Waals surface area contributed by atoms with Crippen LogP contribution in [0.3, 0.4) is 0 Å². The molecule has 0 heterocycles. The summed E-state index contributed by atoms with van der Waals surface area (Å²) in [6, 6.07) is 1.74. The summed E-state index contributed by atoms with van der Waals surface area (Å²) >= 11 is 0. The molecule has 2 aromatic rings. The van der Waals surface area contributed by atoms with E-state index in [1.807, 2.05) is 0 Å². The molecule has 2 fully saturated rings. The fraction of sp³-hybridized carbons (Fsp3) is 0.588. The zero-order valence-electron chi connectivity index (χ0n) is 26.5. The molecule has 0 atom stereocenters. The van der Waals surface area contributed by atoms with Crippen LogP contribution >= 0.6 is 0 Å². The third kappa shape index (κ3) is 10.4. The number of alkyl halides is 6. The van der Waals surface area contributed by atoms with E-state index in [9.17, 15) is 39.5 Å². The zero-order valence-corrected chi connectivity index (χ0v) is 26.5. The maximum absolute atomic E-state index is 15.0. The van der Waals surface area contributed by atoms with Gasteiger partial charge in [-0.2, -0.15) is 35.1 Å². The number of hydrogen-bond acceptors (Lipinski definition) is 4. The Kier molecular flexibility index (Phi) is 12.7. The number of unbranched alkanes of at least 4 members (excludes halogenated alkanes) is 2. The molecule has 0 N–H and O–H groups in total. The van der Waals surface area contributed by atoms with Gasteiger partial charge in [-0.05, 0) is 69.4 Å². The first-order valence-corrected chi connectivity index (χ1v) is 16.2. The fourth-order valence-corrected chi connectivity index (χ4v) is 6.38. The van der Waals surface area contributed by atoms with Gasteiger partial charge in [0.25, 0.3) is 0 Å². The minimum absolute atomic E-state index is 0.0901. The van der Waals surface area contributed by atoms with Gasteiger partial charge in [0, 0.05) is 18.2 Å². The Hall–Kier alpha value is -3.23. The van der Waals surface area contributed by atoms with Gasteiger partial charge >= 0.3 is 24.4 Å². The summed E-state index contributed by atoms with van der Waals surface area (Å²) in [4.78, 5) is 0. The Morgan fingerprint density at radius 1 is 0.714 bits per heavy atom. The highest BCUT2D eigenvalue weighted by atomic mass is 19.3. The van der Waals surface area contributed by atoms with Crippen LogP contribution < -0.4 is 14.2 Å². The second-order valence-electron chi connectivity index (χ2n) is 12.5. The molecule has 4 rings (SSSR count). The van der Waals surface area contributed by atoms with Crippen LogP contribution in [0, 0.1) is 35.2 Å². The highest BCUT2D eigenvalue weighted by Gasteiger charge is 2.49. The molecule has 49 heavy (non-hydrogen) atoms. The molecule has 2 aliphatic carbocycles. The van der Waals surface area contributed by atoms with Gasteiger partial charge in [-0.15, -0.1) is 0 Å². The standard InChI is InChI=1S/C34H37F11O4/c1-2-3-4-5-20-6-8-21(9-7-20)32(40,41)47-23-12-10-22(11-13-23)33(42,43)49-25-17-27(36)31(28(37)18-25)34(44,45)48-24-14-15-29(26(35)16-24)46-19-30(38)39/h14-23H,2-13H2,1H3. The van der Waals surface area contributed by atoms with Crippen molar-refractivity contribution in [1.82, 2.24) is 0 Å². The Labute approximate surface area is 276 Å². The van der Waals surface area contributed by atoms with Gasteiger partial charge in [0.1, 0.15) is 28.7 Å². The van der Waals surface area contributed by atoms with Gasteiger partial charge in [0.15, 0.2) is 17.8 Å². The van der Waals surface area contributed by atoms with E-state index < -0.39 is 82.6 Å². The lowest BCUT2D eigenvalue weighted by atomic mass is 9.79. The minimum atomic E-state index is -4.80. The first kappa shape index (κ1) is 38.6. The third-order valence-electron chi connectivity index (χ3n) is 9.00. The maximum atomic E-state index is 15.0. The van der Waals surface area contributed by atoms with Crippen LogP contribution in [0.25, 0.3) is 0 Å². The summed E-state index contributed by atoms with van der Waals surface area (Å²) < 4.78 is 175. The largest absolute Gasteiger partial charge is 0.456 e. The molecule has 0 radical (unpaired) electrons.